The molecule has 1 amide bonds. The van der Waals surface area contributed by atoms with Crippen LogP contribution in [0.5, 0.6) is 5.75 Å². The van der Waals surface area contributed by atoms with Crippen molar-refractivity contribution in [2.45, 2.75) is 38.1 Å². The number of sulfonamides is 1. The number of carbonyl (C=O) groups excluding carboxylic acids is 1. The van der Waals surface area contributed by atoms with Gasteiger partial charge in [-0.1, -0.05) is 11.3 Å². The van der Waals surface area contributed by atoms with Crippen molar-refractivity contribution in [1.82, 2.24) is 29.2 Å². The van der Waals surface area contributed by atoms with Crippen LogP contribution in [0.1, 0.15) is 38.8 Å². The van der Waals surface area contributed by atoms with Gasteiger partial charge < -0.3 is 14.5 Å². The van der Waals surface area contributed by atoms with Crippen LogP contribution in [0.15, 0.2) is 17.0 Å². The van der Waals surface area contributed by atoms with Crippen molar-refractivity contribution < 1.29 is 17.9 Å². The highest BCUT2D eigenvalue weighted by Crippen LogP contribution is 2.29. The Morgan fingerprint density at radius 3 is 2.30 bits per heavy atom. The molecule has 10 nitrogen and oxygen atoms in total. The Morgan fingerprint density at radius 1 is 1.08 bits per heavy atom. The van der Waals surface area contributed by atoms with Crippen molar-refractivity contribution in [3.8, 4) is 5.75 Å². The number of nitrogens with zero attached hydrogens (tertiary/aromatic N) is 6. The summed E-state index contributed by atoms with van der Waals surface area (Å²) in [6.45, 7) is 10.1. The number of piperidine rings is 1. The van der Waals surface area contributed by atoms with Gasteiger partial charge in [0.1, 0.15) is 10.8 Å². The van der Waals surface area contributed by atoms with Gasteiger partial charge in [-0.05, 0) is 76.0 Å². The Labute approximate surface area is 224 Å². The van der Waals surface area contributed by atoms with Crippen LogP contribution in [-0.2, 0) is 16.6 Å². The number of aromatic nitrogens is 2. The smallest absolute Gasteiger partial charge is 0.284 e. The second kappa shape index (κ2) is 11.7. The van der Waals surface area contributed by atoms with Gasteiger partial charge in [-0.2, -0.15) is 4.31 Å². The molecule has 0 bridgehead atoms. The number of rotatable bonds is 8. The average molecular weight is 551 g/mol. The first kappa shape index (κ1) is 27.9. The molecule has 3 heterocycles. The zero-order chi connectivity index (χ0) is 26.7. The summed E-state index contributed by atoms with van der Waals surface area (Å²) in [4.78, 5) is 20.0. The van der Waals surface area contributed by atoms with Crippen molar-refractivity contribution in [1.29, 1.82) is 0 Å². The first-order chi connectivity index (χ1) is 17.6. The molecule has 1 aromatic heterocycles. The number of methoxy groups -OCH3 is 1. The van der Waals surface area contributed by atoms with E-state index < -0.39 is 10.0 Å². The van der Waals surface area contributed by atoms with Crippen LogP contribution in [0.25, 0.3) is 0 Å². The summed E-state index contributed by atoms with van der Waals surface area (Å²) in [6.07, 6.45) is 2.48. The van der Waals surface area contributed by atoms with Crippen LogP contribution in [0.3, 0.4) is 0 Å². The predicted octanol–water partition coefficient (Wildman–Crippen LogP) is 2.08. The minimum Gasteiger partial charge on any atom is -0.497 e. The van der Waals surface area contributed by atoms with E-state index in [1.807, 2.05) is 4.90 Å². The fraction of sp³-hybridized carbons (Fsp3) is 0.640. The standard InChI is InChI=1S/C25H38N6O4S2/c1-18-14-21(35-5)15-19(2)23(18)37(33,34)29(4)17-22-26-27-24(36-22)25(32)31-12-10-30(11-13-31)16-20-6-8-28(3)9-7-20/h14-15,20H,6-13,16-17H2,1-5H3. The molecule has 204 valence electrons. The van der Waals surface area contributed by atoms with Crippen molar-refractivity contribution in [2.75, 3.05) is 67.0 Å². The van der Waals surface area contributed by atoms with Crippen LogP contribution >= 0.6 is 11.3 Å². The largest absolute Gasteiger partial charge is 0.497 e. The van der Waals surface area contributed by atoms with Crippen LogP contribution in [0.2, 0.25) is 0 Å². The van der Waals surface area contributed by atoms with Gasteiger partial charge in [0, 0.05) is 39.8 Å². The highest BCUT2D eigenvalue weighted by atomic mass is 32.2. The monoisotopic (exact) mass is 550 g/mol. The van der Waals surface area contributed by atoms with Crippen LogP contribution < -0.4 is 4.74 Å². The van der Waals surface area contributed by atoms with Crippen molar-refractivity contribution >= 4 is 27.3 Å². The summed E-state index contributed by atoms with van der Waals surface area (Å²) >= 11 is 1.16. The molecule has 0 N–H and O–H groups in total. The fourth-order valence-corrected chi connectivity index (χ4v) is 7.63. The highest BCUT2D eigenvalue weighted by Gasteiger charge is 2.29. The number of ether oxygens (including phenoxy) is 1. The molecule has 2 fully saturated rings. The lowest BCUT2D eigenvalue weighted by Crippen LogP contribution is -2.50. The first-order valence-electron chi connectivity index (χ1n) is 12.7. The second-order valence-electron chi connectivity index (χ2n) is 10.2. The maximum atomic E-state index is 13.3. The van der Waals surface area contributed by atoms with E-state index in [1.165, 1.54) is 24.2 Å². The molecule has 0 unspecified atom stereocenters. The number of benzene rings is 1. The summed E-state index contributed by atoms with van der Waals surface area (Å²) in [5.41, 5.74) is 1.23. The Kier molecular flexibility index (Phi) is 8.85. The summed E-state index contributed by atoms with van der Waals surface area (Å²) in [5.74, 6) is 1.23. The summed E-state index contributed by atoms with van der Waals surface area (Å²) in [7, 11) is 1.49. The lowest BCUT2D eigenvalue weighted by molar-refractivity contribution is 0.0593. The van der Waals surface area contributed by atoms with Gasteiger partial charge >= 0.3 is 0 Å². The molecule has 0 atom stereocenters. The van der Waals surface area contributed by atoms with Crippen LogP contribution in [0, 0.1) is 19.8 Å². The SMILES string of the molecule is COc1cc(C)c(S(=O)(=O)N(C)Cc2nnc(C(=O)N3CCN(CC4CCN(C)CC4)CC3)s2)c(C)c1. The third-order valence-corrected chi connectivity index (χ3v) is 10.4. The Morgan fingerprint density at radius 2 is 1.70 bits per heavy atom. The second-order valence-corrected chi connectivity index (χ2v) is 13.2. The number of amides is 1. The van der Waals surface area contributed by atoms with Gasteiger partial charge in [-0.25, -0.2) is 8.42 Å². The Bertz CT molecular complexity index is 1180. The minimum absolute atomic E-state index is 0.0442. The number of piperazine rings is 1. The van der Waals surface area contributed by atoms with E-state index in [-0.39, 0.29) is 17.3 Å². The van der Waals surface area contributed by atoms with Gasteiger partial charge in [-0.15, -0.1) is 10.2 Å². The van der Waals surface area contributed by atoms with Crippen LogP contribution in [0.4, 0.5) is 0 Å². The molecule has 0 aliphatic carbocycles. The molecular formula is C25H38N6O4S2. The van der Waals surface area contributed by atoms with Gasteiger partial charge in [0.2, 0.25) is 15.0 Å². The van der Waals surface area contributed by atoms with Gasteiger partial charge in [0.15, 0.2) is 0 Å². The van der Waals surface area contributed by atoms with E-state index in [0.717, 1.165) is 50.0 Å². The van der Waals surface area contributed by atoms with E-state index in [1.54, 1.807) is 33.1 Å². The number of likely N-dealkylation sites (tertiary alicyclic amines) is 1. The van der Waals surface area contributed by atoms with Gasteiger partial charge in [0.05, 0.1) is 18.6 Å². The maximum Gasteiger partial charge on any atom is 0.284 e. The number of hydrogen-bond donors (Lipinski definition) is 0. The van der Waals surface area contributed by atoms with E-state index in [4.69, 9.17) is 4.74 Å². The topological polar surface area (TPSA) is 99.2 Å². The van der Waals surface area contributed by atoms with Gasteiger partial charge in [-0.3, -0.25) is 9.69 Å². The molecule has 2 aliphatic rings. The van der Waals surface area contributed by atoms with E-state index in [2.05, 4.69) is 27.0 Å². The normalized spacial score (nSPS) is 18.5. The molecule has 37 heavy (non-hydrogen) atoms. The molecule has 2 saturated heterocycles. The number of carbonyl (C=O) groups is 1. The van der Waals surface area contributed by atoms with E-state index >= 15 is 0 Å². The highest BCUT2D eigenvalue weighted by molar-refractivity contribution is 7.89. The first-order valence-corrected chi connectivity index (χ1v) is 15.0. The summed E-state index contributed by atoms with van der Waals surface area (Å²) < 4.78 is 33.1. The van der Waals surface area contributed by atoms with E-state index in [0.29, 0.717) is 40.0 Å². The van der Waals surface area contributed by atoms with E-state index in [9.17, 15) is 13.2 Å². The lowest BCUT2D eigenvalue weighted by Gasteiger charge is -2.38. The maximum absolute atomic E-state index is 13.3. The molecule has 12 heteroatoms. The molecular weight excluding hydrogens is 512 g/mol. The zero-order valence-corrected chi connectivity index (χ0v) is 24.1. The Balaban J connectivity index is 1.33. The zero-order valence-electron chi connectivity index (χ0n) is 22.4. The molecule has 0 radical (unpaired) electrons. The molecule has 1 aromatic carbocycles. The van der Waals surface area contributed by atoms with Crippen LogP contribution in [-0.4, -0.2) is 111 Å². The van der Waals surface area contributed by atoms with Crippen molar-refractivity contribution in [3.63, 3.8) is 0 Å². The summed E-state index contributed by atoms with van der Waals surface area (Å²) in [6, 6.07) is 3.42. The number of hydrogen-bond acceptors (Lipinski definition) is 9. The average Bonchev–Trinajstić information content (AvgIpc) is 3.33. The minimum atomic E-state index is -3.76. The third kappa shape index (κ3) is 6.48. The van der Waals surface area contributed by atoms with Gasteiger partial charge in [0.25, 0.3) is 5.91 Å². The summed E-state index contributed by atoms with van der Waals surface area (Å²) in [5, 5.41) is 9.02. The fourth-order valence-electron chi connectivity index (χ4n) is 5.15. The number of aryl methyl sites for hydroxylation is 2. The lowest BCUT2D eigenvalue weighted by atomic mass is 9.96. The predicted molar refractivity (Wildman–Crippen MR) is 144 cm³/mol. The van der Waals surface area contributed by atoms with Crippen molar-refractivity contribution in [2.24, 2.45) is 5.92 Å². The molecule has 4 rings (SSSR count). The van der Waals surface area contributed by atoms with Crippen molar-refractivity contribution in [3.05, 3.63) is 33.3 Å². The quantitative estimate of drug-likeness (QED) is 0.493. The molecule has 0 saturated carbocycles. The molecule has 2 aromatic rings. The Hall–Kier alpha value is -2.12. The molecule has 2 aliphatic heterocycles. The molecule has 0 spiro atoms. The third-order valence-electron chi connectivity index (χ3n) is 7.36.